The van der Waals surface area contributed by atoms with Gasteiger partial charge in [0.15, 0.2) is 0 Å². The summed E-state index contributed by atoms with van der Waals surface area (Å²) < 4.78 is 56.2. The lowest BCUT2D eigenvalue weighted by molar-refractivity contribution is -0.143. The molecule has 0 radical (unpaired) electrons. The van der Waals surface area contributed by atoms with E-state index in [-0.39, 0.29) is 11.6 Å². The number of hydrogen-bond donors (Lipinski definition) is 0. The maximum atomic E-state index is 14.0. The number of fused-ring (bicyclic) bond motifs is 2. The third kappa shape index (κ3) is 3.75. The minimum absolute atomic E-state index is 0.175. The fourth-order valence-electron chi connectivity index (χ4n) is 4.85. The minimum atomic E-state index is -4.53. The van der Waals surface area contributed by atoms with Crippen LogP contribution < -0.4 is 0 Å². The average Bonchev–Trinajstić information content (AvgIpc) is 3.32. The van der Waals surface area contributed by atoms with E-state index in [0.29, 0.717) is 46.5 Å². The average molecular weight is 486 g/mol. The van der Waals surface area contributed by atoms with Crippen LogP contribution in [0.25, 0.3) is 22.3 Å². The Hall–Kier alpha value is -3.76. The number of halogens is 4. The van der Waals surface area contributed by atoms with Crippen LogP contribution in [0.4, 0.5) is 17.6 Å². The molecule has 7 nitrogen and oxygen atoms in total. The van der Waals surface area contributed by atoms with Gasteiger partial charge in [-0.3, -0.25) is 19.1 Å². The predicted octanol–water partition coefficient (Wildman–Crippen LogP) is 4.59. The van der Waals surface area contributed by atoms with E-state index in [9.17, 15) is 22.4 Å². The summed E-state index contributed by atoms with van der Waals surface area (Å²) in [4.78, 5) is 19.7. The van der Waals surface area contributed by atoms with Gasteiger partial charge in [-0.25, -0.2) is 4.39 Å². The van der Waals surface area contributed by atoms with Gasteiger partial charge in [0.2, 0.25) is 0 Å². The first kappa shape index (κ1) is 23.0. The zero-order valence-corrected chi connectivity index (χ0v) is 19.5. The van der Waals surface area contributed by atoms with Crippen LogP contribution in [0, 0.1) is 12.7 Å². The first-order valence-electron chi connectivity index (χ1n) is 11.0. The Morgan fingerprint density at radius 1 is 1.09 bits per heavy atom. The Morgan fingerprint density at radius 3 is 2.51 bits per heavy atom. The summed E-state index contributed by atoms with van der Waals surface area (Å²) in [7, 11) is 2.90. The molecule has 35 heavy (non-hydrogen) atoms. The van der Waals surface area contributed by atoms with Crippen molar-refractivity contribution in [2.24, 2.45) is 14.1 Å². The third-order valence-corrected chi connectivity index (χ3v) is 6.45. The molecule has 4 heterocycles. The number of aromatic nitrogens is 5. The summed E-state index contributed by atoms with van der Waals surface area (Å²) in [6.07, 6.45) is -4.14. The van der Waals surface area contributed by atoms with Crippen molar-refractivity contribution in [3.8, 4) is 11.4 Å². The molecular formula is C24H22F4N6O. The number of aryl methyl sites for hydroxylation is 3. The van der Waals surface area contributed by atoms with Crippen molar-refractivity contribution in [2.75, 3.05) is 6.54 Å². The second-order valence-electron chi connectivity index (χ2n) is 8.77. The van der Waals surface area contributed by atoms with Gasteiger partial charge in [0, 0.05) is 37.3 Å². The number of hydrogen-bond acceptors (Lipinski definition) is 4. The van der Waals surface area contributed by atoms with Gasteiger partial charge >= 0.3 is 6.18 Å². The number of carbonyl (C=O) groups excluding carboxylic acids is 1. The number of carbonyl (C=O) groups is 1. The molecule has 4 aromatic rings. The van der Waals surface area contributed by atoms with Crippen molar-refractivity contribution in [3.63, 3.8) is 0 Å². The fourth-order valence-corrected chi connectivity index (χ4v) is 4.85. The molecule has 1 atom stereocenters. The highest BCUT2D eigenvalue weighted by molar-refractivity contribution is 6.06. The smallest absolute Gasteiger partial charge is 0.330 e. The third-order valence-electron chi connectivity index (χ3n) is 6.45. The summed E-state index contributed by atoms with van der Waals surface area (Å²) in [6, 6.07) is 6.35. The Balaban J connectivity index is 1.54. The van der Waals surface area contributed by atoms with E-state index >= 15 is 0 Å². The molecule has 0 aliphatic carbocycles. The molecule has 1 aliphatic heterocycles. The van der Waals surface area contributed by atoms with E-state index in [4.69, 9.17) is 0 Å². The quantitative estimate of drug-likeness (QED) is 0.389. The molecule has 3 aromatic heterocycles. The van der Waals surface area contributed by atoms with Crippen molar-refractivity contribution >= 4 is 16.8 Å². The first-order valence-corrected chi connectivity index (χ1v) is 11.0. The van der Waals surface area contributed by atoms with Gasteiger partial charge in [-0.15, -0.1) is 0 Å². The zero-order valence-electron chi connectivity index (χ0n) is 19.5. The fraction of sp³-hybridized carbons (Fsp3) is 0.333. The summed E-state index contributed by atoms with van der Waals surface area (Å²) in [5.74, 6) is -0.747. The molecule has 1 amide bonds. The van der Waals surface area contributed by atoms with Crippen LogP contribution in [0.2, 0.25) is 0 Å². The molecule has 0 saturated carbocycles. The number of nitrogens with zero attached hydrogens (tertiary/aromatic N) is 6. The number of benzene rings is 1. The summed E-state index contributed by atoms with van der Waals surface area (Å²) in [5.41, 5.74) is 2.68. The molecule has 11 heteroatoms. The van der Waals surface area contributed by atoms with Crippen LogP contribution in [0.15, 0.2) is 30.3 Å². The number of amides is 1. The van der Waals surface area contributed by atoms with Crippen LogP contribution in [0.5, 0.6) is 0 Å². The Bertz CT molecular complexity index is 1490. The first-order chi connectivity index (χ1) is 16.5. The predicted molar refractivity (Wildman–Crippen MR) is 120 cm³/mol. The highest BCUT2D eigenvalue weighted by atomic mass is 19.4. The van der Waals surface area contributed by atoms with E-state index in [1.165, 1.54) is 23.9 Å². The molecule has 0 fully saturated rings. The highest BCUT2D eigenvalue weighted by Crippen LogP contribution is 2.38. The van der Waals surface area contributed by atoms with Crippen LogP contribution in [-0.2, 0) is 26.7 Å². The zero-order chi connectivity index (χ0) is 25.2. The van der Waals surface area contributed by atoms with Crippen molar-refractivity contribution in [3.05, 3.63) is 64.4 Å². The van der Waals surface area contributed by atoms with Crippen LogP contribution in [-0.4, -0.2) is 41.9 Å². The SMILES string of the molecule is Cc1cc(C(=O)N2CCc3c(nn(C)c3-c3cc(C(F)(F)F)n(C)n3)[C@@H]2C)c2cc(F)ccc2n1. The second-order valence-corrected chi connectivity index (χ2v) is 8.77. The summed E-state index contributed by atoms with van der Waals surface area (Å²) in [6.45, 7) is 3.91. The van der Waals surface area contributed by atoms with Gasteiger partial charge in [-0.1, -0.05) is 0 Å². The highest BCUT2D eigenvalue weighted by Gasteiger charge is 2.38. The molecule has 0 bridgehead atoms. The largest absolute Gasteiger partial charge is 0.433 e. The number of pyridine rings is 1. The lowest BCUT2D eigenvalue weighted by atomic mass is 9.96. The molecule has 0 unspecified atom stereocenters. The van der Waals surface area contributed by atoms with Gasteiger partial charge in [0.05, 0.1) is 28.5 Å². The van der Waals surface area contributed by atoms with Crippen molar-refractivity contribution in [1.82, 2.24) is 29.4 Å². The Kier molecular flexibility index (Phi) is 5.19. The summed E-state index contributed by atoms with van der Waals surface area (Å²) >= 11 is 0. The van der Waals surface area contributed by atoms with Crippen LogP contribution >= 0.6 is 0 Å². The second kappa shape index (κ2) is 7.89. The molecule has 0 saturated heterocycles. The number of rotatable bonds is 2. The maximum absolute atomic E-state index is 14.0. The molecule has 0 spiro atoms. The van der Waals surface area contributed by atoms with Gasteiger partial charge < -0.3 is 4.90 Å². The molecule has 5 rings (SSSR count). The lowest BCUT2D eigenvalue weighted by Gasteiger charge is -2.33. The topological polar surface area (TPSA) is 68.8 Å². The van der Waals surface area contributed by atoms with E-state index in [1.54, 1.807) is 31.0 Å². The Labute approximate surface area is 198 Å². The monoisotopic (exact) mass is 486 g/mol. The van der Waals surface area contributed by atoms with E-state index in [2.05, 4.69) is 15.2 Å². The maximum Gasteiger partial charge on any atom is 0.433 e. The standard InChI is InChI=1S/C24H22F4N6O/c1-12-9-17(16-10-14(25)5-6-18(16)29-12)23(35)34-8-7-15-21(13(34)2)31-33(4)22(15)19-11-20(24(26,27)28)32(3)30-19/h5-6,9-11,13H,7-8H2,1-4H3/t13-/m0/s1. The van der Waals surface area contributed by atoms with Crippen LogP contribution in [0.1, 0.15) is 46.0 Å². The normalized spacial score (nSPS) is 16.1. The van der Waals surface area contributed by atoms with Gasteiger partial charge in [0.1, 0.15) is 17.2 Å². The molecule has 0 N–H and O–H groups in total. The molecule has 1 aromatic carbocycles. The van der Waals surface area contributed by atoms with Crippen LogP contribution in [0.3, 0.4) is 0 Å². The van der Waals surface area contributed by atoms with Crippen molar-refractivity contribution in [2.45, 2.75) is 32.5 Å². The van der Waals surface area contributed by atoms with Gasteiger partial charge in [-0.05, 0) is 50.6 Å². The minimum Gasteiger partial charge on any atom is -0.330 e. The van der Waals surface area contributed by atoms with E-state index < -0.39 is 23.7 Å². The van der Waals surface area contributed by atoms with E-state index in [0.717, 1.165) is 16.3 Å². The Morgan fingerprint density at radius 2 is 1.83 bits per heavy atom. The number of alkyl halides is 3. The molecule has 1 aliphatic rings. The van der Waals surface area contributed by atoms with Crippen molar-refractivity contribution in [1.29, 1.82) is 0 Å². The van der Waals surface area contributed by atoms with Crippen molar-refractivity contribution < 1.29 is 22.4 Å². The summed E-state index contributed by atoms with van der Waals surface area (Å²) in [5, 5.41) is 9.05. The lowest BCUT2D eigenvalue weighted by Crippen LogP contribution is -2.39. The molecule has 182 valence electrons. The van der Waals surface area contributed by atoms with Gasteiger partial charge in [0.25, 0.3) is 5.91 Å². The van der Waals surface area contributed by atoms with E-state index in [1.807, 2.05) is 6.92 Å². The van der Waals surface area contributed by atoms with Gasteiger partial charge in [-0.2, -0.15) is 23.4 Å². The molecular weight excluding hydrogens is 464 g/mol.